The minimum absolute atomic E-state index is 0.0888. The van der Waals surface area contributed by atoms with E-state index in [-0.39, 0.29) is 5.91 Å². The van der Waals surface area contributed by atoms with Gasteiger partial charge < -0.3 is 15.1 Å². The van der Waals surface area contributed by atoms with Crippen LogP contribution >= 0.6 is 12.2 Å². The number of aryl methyl sites for hydroxylation is 1. The van der Waals surface area contributed by atoms with Crippen molar-refractivity contribution in [2.45, 2.75) is 20.8 Å². The number of likely N-dealkylation sites (N-methyl/N-ethyl adjacent to an activating group) is 2. The van der Waals surface area contributed by atoms with Gasteiger partial charge in [0.2, 0.25) is 5.91 Å². The number of thiocarbonyl (C=S) groups is 1. The van der Waals surface area contributed by atoms with Crippen LogP contribution in [-0.4, -0.2) is 47.5 Å². The van der Waals surface area contributed by atoms with E-state index in [1.165, 1.54) is 5.56 Å². The third-order valence-electron chi connectivity index (χ3n) is 3.10. The van der Waals surface area contributed by atoms with Crippen molar-refractivity contribution in [2.24, 2.45) is 0 Å². The molecule has 1 rings (SSSR count). The smallest absolute Gasteiger partial charge is 0.242 e. The summed E-state index contributed by atoms with van der Waals surface area (Å²) in [6.07, 6.45) is 0. The SMILES string of the molecule is CCN(CC)C(=O)CN(C)C(=S)Nc1cccc(C)c1. The first-order valence-corrected chi connectivity index (χ1v) is 7.25. The normalized spacial score (nSPS) is 10.0. The second kappa shape index (κ2) is 7.85. The molecule has 0 bridgehead atoms. The summed E-state index contributed by atoms with van der Waals surface area (Å²) in [7, 11) is 1.83. The number of nitrogens with zero attached hydrogens (tertiary/aromatic N) is 2. The van der Waals surface area contributed by atoms with Gasteiger partial charge in [0.15, 0.2) is 5.11 Å². The molecule has 0 saturated carbocycles. The lowest BCUT2D eigenvalue weighted by Crippen LogP contribution is -2.42. The number of hydrogen-bond donors (Lipinski definition) is 1. The van der Waals surface area contributed by atoms with Crippen LogP contribution in [0.25, 0.3) is 0 Å². The maximum Gasteiger partial charge on any atom is 0.242 e. The molecule has 0 fully saturated rings. The van der Waals surface area contributed by atoms with Crippen molar-refractivity contribution in [1.82, 2.24) is 9.80 Å². The van der Waals surface area contributed by atoms with Gasteiger partial charge in [-0.15, -0.1) is 0 Å². The molecule has 20 heavy (non-hydrogen) atoms. The molecule has 4 nitrogen and oxygen atoms in total. The summed E-state index contributed by atoms with van der Waals surface area (Å²) in [4.78, 5) is 15.6. The van der Waals surface area contributed by atoms with E-state index >= 15 is 0 Å². The lowest BCUT2D eigenvalue weighted by molar-refractivity contribution is -0.130. The maximum atomic E-state index is 12.0. The predicted molar refractivity (Wildman–Crippen MR) is 88.0 cm³/mol. The first-order chi connectivity index (χ1) is 9.47. The van der Waals surface area contributed by atoms with Crippen molar-refractivity contribution in [3.8, 4) is 0 Å². The maximum absolute atomic E-state index is 12.0. The van der Waals surface area contributed by atoms with E-state index in [1.54, 1.807) is 9.80 Å². The molecule has 5 heteroatoms. The molecule has 1 amide bonds. The molecule has 0 aliphatic carbocycles. The highest BCUT2D eigenvalue weighted by molar-refractivity contribution is 7.80. The van der Waals surface area contributed by atoms with Crippen molar-refractivity contribution in [1.29, 1.82) is 0 Å². The van der Waals surface area contributed by atoms with Gasteiger partial charge in [0.05, 0.1) is 6.54 Å². The Balaban J connectivity index is 2.57. The van der Waals surface area contributed by atoms with Gasteiger partial charge in [0.25, 0.3) is 0 Å². The Morgan fingerprint density at radius 1 is 1.30 bits per heavy atom. The van der Waals surface area contributed by atoms with E-state index in [4.69, 9.17) is 12.2 Å². The predicted octanol–water partition coefficient (Wildman–Crippen LogP) is 2.49. The largest absolute Gasteiger partial charge is 0.343 e. The van der Waals surface area contributed by atoms with Crippen molar-refractivity contribution < 1.29 is 4.79 Å². The molecule has 0 unspecified atom stereocenters. The Bertz CT molecular complexity index is 472. The molecule has 0 aliphatic rings. The van der Waals surface area contributed by atoms with Crippen LogP contribution in [0.15, 0.2) is 24.3 Å². The number of carbonyl (C=O) groups excluding carboxylic acids is 1. The van der Waals surface area contributed by atoms with E-state index < -0.39 is 0 Å². The van der Waals surface area contributed by atoms with Crippen LogP contribution in [0.2, 0.25) is 0 Å². The summed E-state index contributed by atoms with van der Waals surface area (Å²) >= 11 is 5.32. The van der Waals surface area contributed by atoms with Crippen LogP contribution in [-0.2, 0) is 4.79 Å². The van der Waals surface area contributed by atoms with Crippen molar-refractivity contribution in [3.63, 3.8) is 0 Å². The van der Waals surface area contributed by atoms with E-state index in [2.05, 4.69) is 5.32 Å². The number of amides is 1. The first-order valence-electron chi connectivity index (χ1n) is 6.84. The lowest BCUT2D eigenvalue weighted by atomic mass is 10.2. The van der Waals surface area contributed by atoms with Crippen LogP contribution in [0, 0.1) is 6.92 Å². The fourth-order valence-electron chi connectivity index (χ4n) is 1.89. The fraction of sp³-hybridized carbons (Fsp3) is 0.467. The molecule has 0 heterocycles. The molecule has 0 atom stereocenters. The minimum atomic E-state index is 0.0888. The third kappa shape index (κ3) is 4.81. The van der Waals surface area contributed by atoms with Crippen LogP contribution in [0.4, 0.5) is 5.69 Å². The summed E-state index contributed by atoms with van der Waals surface area (Å²) in [5.74, 6) is 0.0888. The molecule has 0 saturated heterocycles. The Morgan fingerprint density at radius 2 is 1.95 bits per heavy atom. The minimum Gasteiger partial charge on any atom is -0.343 e. The molecular formula is C15H23N3OS. The number of carbonyl (C=O) groups is 1. The molecule has 110 valence electrons. The van der Waals surface area contributed by atoms with E-state index in [0.717, 1.165) is 18.8 Å². The average molecular weight is 293 g/mol. The standard InChI is InChI=1S/C15H23N3OS/c1-5-18(6-2)14(19)11-17(4)15(20)16-13-9-7-8-12(3)10-13/h7-10H,5-6,11H2,1-4H3,(H,16,20). The van der Waals surface area contributed by atoms with Crippen molar-refractivity contribution >= 4 is 28.9 Å². The molecule has 1 aromatic carbocycles. The second-order valence-electron chi connectivity index (χ2n) is 4.72. The number of rotatable bonds is 5. The molecule has 0 spiro atoms. The van der Waals surface area contributed by atoms with Gasteiger partial charge in [-0.3, -0.25) is 4.79 Å². The van der Waals surface area contributed by atoms with E-state index in [0.29, 0.717) is 11.7 Å². The summed E-state index contributed by atoms with van der Waals surface area (Å²) in [5, 5.41) is 3.70. The highest BCUT2D eigenvalue weighted by Gasteiger charge is 2.14. The third-order valence-corrected chi connectivity index (χ3v) is 3.52. The topological polar surface area (TPSA) is 35.6 Å². The van der Waals surface area contributed by atoms with Gasteiger partial charge in [-0.05, 0) is 50.7 Å². The molecule has 1 N–H and O–H groups in total. The summed E-state index contributed by atoms with van der Waals surface area (Å²) in [5.41, 5.74) is 2.11. The molecule has 0 aromatic heterocycles. The average Bonchev–Trinajstić information content (AvgIpc) is 2.40. The highest BCUT2D eigenvalue weighted by atomic mass is 32.1. The van der Waals surface area contributed by atoms with Gasteiger partial charge in [0.1, 0.15) is 0 Å². The van der Waals surface area contributed by atoms with Crippen molar-refractivity contribution in [3.05, 3.63) is 29.8 Å². The highest BCUT2D eigenvalue weighted by Crippen LogP contribution is 2.10. The zero-order chi connectivity index (χ0) is 15.1. The number of nitrogens with one attached hydrogen (secondary N) is 1. The van der Waals surface area contributed by atoms with E-state index in [9.17, 15) is 4.79 Å². The Morgan fingerprint density at radius 3 is 2.50 bits per heavy atom. The summed E-state index contributed by atoms with van der Waals surface area (Å²) < 4.78 is 0. The number of hydrogen-bond acceptors (Lipinski definition) is 2. The van der Waals surface area contributed by atoms with Crippen LogP contribution in [0.5, 0.6) is 0 Å². The van der Waals surface area contributed by atoms with Crippen molar-refractivity contribution in [2.75, 3.05) is 32.0 Å². The second-order valence-corrected chi connectivity index (χ2v) is 5.11. The Hall–Kier alpha value is -1.62. The number of benzene rings is 1. The molecule has 1 aromatic rings. The van der Waals surface area contributed by atoms with Crippen LogP contribution < -0.4 is 5.32 Å². The van der Waals surface area contributed by atoms with Gasteiger partial charge in [-0.1, -0.05) is 12.1 Å². The van der Waals surface area contributed by atoms with Gasteiger partial charge in [-0.25, -0.2) is 0 Å². The van der Waals surface area contributed by atoms with Gasteiger partial charge >= 0.3 is 0 Å². The Labute approximate surface area is 126 Å². The zero-order valence-corrected chi connectivity index (χ0v) is 13.5. The Kier molecular flexibility index (Phi) is 6.45. The quantitative estimate of drug-likeness (QED) is 0.846. The van der Waals surface area contributed by atoms with Crippen LogP contribution in [0.1, 0.15) is 19.4 Å². The molecule has 0 aliphatic heterocycles. The molecular weight excluding hydrogens is 270 g/mol. The van der Waals surface area contributed by atoms with E-state index in [1.807, 2.05) is 52.1 Å². The fourth-order valence-corrected chi connectivity index (χ4v) is 2.08. The van der Waals surface area contributed by atoms with Crippen LogP contribution in [0.3, 0.4) is 0 Å². The van der Waals surface area contributed by atoms with Gasteiger partial charge in [-0.2, -0.15) is 0 Å². The summed E-state index contributed by atoms with van der Waals surface area (Å²) in [6.45, 7) is 7.72. The zero-order valence-electron chi connectivity index (χ0n) is 12.6. The molecule has 0 radical (unpaired) electrons. The lowest BCUT2D eigenvalue weighted by Gasteiger charge is -2.25. The first kappa shape index (κ1) is 16.4. The summed E-state index contributed by atoms with van der Waals surface area (Å²) in [6, 6.07) is 7.98. The monoisotopic (exact) mass is 293 g/mol. The van der Waals surface area contributed by atoms with Gasteiger partial charge in [0, 0.05) is 25.8 Å². The number of anilines is 1.